The number of ether oxygens (including phenoxy) is 1. The lowest BCUT2D eigenvalue weighted by atomic mass is 10.2. The van der Waals surface area contributed by atoms with Crippen LogP contribution in [0.1, 0.15) is 16.2 Å². The lowest BCUT2D eigenvalue weighted by molar-refractivity contribution is 0.102. The molecule has 23 heavy (non-hydrogen) atoms. The molecule has 0 bridgehead atoms. The summed E-state index contributed by atoms with van der Waals surface area (Å²) >= 11 is 0. The molecular formula is C18H17N3O2. The van der Waals surface area contributed by atoms with Crippen LogP contribution in [0, 0.1) is 6.92 Å². The predicted octanol–water partition coefficient (Wildman–Crippen LogP) is 3.44. The molecule has 3 rings (SSSR count). The quantitative estimate of drug-likeness (QED) is 0.803. The molecule has 3 aromatic rings. The van der Waals surface area contributed by atoms with Gasteiger partial charge in [-0.25, -0.2) is 0 Å². The summed E-state index contributed by atoms with van der Waals surface area (Å²) in [5, 5.41) is 2.89. The van der Waals surface area contributed by atoms with E-state index in [2.05, 4.69) is 10.3 Å². The number of methoxy groups -OCH3 is 1. The topological polar surface area (TPSA) is 56.1 Å². The van der Waals surface area contributed by atoms with E-state index < -0.39 is 0 Å². The fourth-order valence-electron chi connectivity index (χ4n) is 2.44. The molecule has 0 fully saturated rings. The summed E-state index contributed by atoms with van der Waals surface area (Å²) < 4.78 is 7.09. The Morgan fingerprint density at radius 1 is 1.13 bits per heavy atom. The van der Waals surface area contributed by atoms with Gasteiger partial charge in [-0.3, -0.25) is 9.78 Å². The Bertz CT molecular complexity index is 840. The molecular weight excluding hydrogens is 290 g/mol. The normalized spacial score (nSPS) is 10.3. The minimum atomic E-state index is -0.206. The van der Waals surface area contributed by atoms with E-state index in [4.69, 9.17) is 4.74 Å². The summed E-state index contributed by atoms with van der Waals surface area (Å²) in [5.74, 6) is 0.416. The van der Waals surface area contributed by atoms with Crippen molar-refractivity contribution >= 4 is 11.6 Å². The van der Waals surface area contributed by atoms with E-state index in [0.29, 0.717) is 17.1 Å². The first-order chi connectivity index (χ1) is 11.2. The van der Waals surface area contributed by atoms with Crippen molar-refractivity contribution in [1.82, 2.24) is 9.55 Å². The van der Waals surface area contributed by atoms with E-state index in [1.165, 1.54) is 0 Å². The Hall–Kier alpha value is -3.08. The van der Waals surface area contributed by atoms with Crippen LogP contribution in [-0.2, 0) is 0 Å². The van der Waals surface area contributed by atoms with Crippen molar-refractivity contribution in [1.29, 1.82) is 0 Å². The van der Waals surface area contributed by atoms with E-state index in [0.717, 1.165) is 11.4 Å². The molecule has 0 atom stereocenters. The lowest BCUT2D eigenvalue weighted by Gasteiger charge is -2.13. The van der Waals surface area contributed by atoms with Crippen molar-refractivity contribution in [2.45, 2.75) is 6.92 Å². The lowest BCUT2D eigenvalue weighted by Crippen LogP contribution is -2.17. The van der Waals surface area contributed by atoms with Gasteiger partial charge in [0.2, 0.25) is 0 Å². The molecule has 1 aromatic carbocycles. The van der Waals surface area contributed by atoms with Crippen molar-refractivity contribution in [2.24, 2.45) is 0 Å². The number of hydrogen-bond donors (Lipinski definition) is 1. The van der Waals surface area contributed by atoms with Gasteiger partial charge in [0.15, 0.2) is 0 Å². The van der Waals surface area contributed by atoms with Crippen molar-refractivity contribution in [3.8, 4) is 11.4 Å². The largest absolute Gasteiger partial charge is 0.495 e. The first-order valence-corrected chi connectivity index (χ1v) is 7.24. The van der Waals surface area contributed by atoms with Crippen LogP contribution >= 0.6 is 0 Å². The summed E-state index contributed by atoms with van der Waals surface area (Å²) in [4.78, 5) is 16.9. The van der Waals surface area contributed by atoms with Gasteiger partial charge >= 0.3 is 0 Å². The fourth-order valence-corrected chi connectivity index (χ4v) is 2.44. The number of carbonyl (C=O) groups excluding carboxylic acids is 1. The molecule has 5 nitrogen and oxygen atoms in total. The smallest absolute Gasteiger partial charge is 0.272 e. The molecule has 1 amide bonds. The number of nitrogens with zero attached hydrogens (tertiary/aromatic N) is 2. The second kappa shape index (κ2) is 6.36. The van der Waals surface area contributed by atoms with Gasteiger partial charge in [0.25, 0.3) is 5.91 Å². The third kappa shape index (κ3) is 2.94. The number of aryl methyl sites for hydroxylation is 1. The molecule has 0 aliphatic rings. The monoisotopic (exact) mass is 307 g/mol. The third-order valence-corrected chi connectivity index (χ3v) is 3.58. The molecule has 0 spiro atoms. The summed E-state index contributed by atoms with van der Waals surface area (Å²) in [7, 11) is 1.58. The maximum Gasteiger partial charge on any atom is 0.272 e. The van der Waals surface area contributed by atoms with Gasteiger partial charge in [-0.2, -0.15) is 0 Å². The molecule has 0 aliphatic heterocycles. The first kappa shape index (κ1) is 14.8. The average Bonchev–Trinajstić information content (AvgIpc) is 3.05. The minimum Gasteiger partial charge on any atom is -0.495 e. The van der Waals surface area contributed by atoms with Gasteiger partial charge in [0, 0.05) is 12.4 Å². The minimum absolute atomic E-state index is 0.206. The molecule has 2 aromatic heterocycles. The van der Waals surface area contributed by atoms with Crippen LogP contribution in [0.15, 0.2) is 60.9 Å². The zero-order chi connectivity index (χ0) is 16.2. The highest BCUT2D eigenvalue weighted by Gasteiger charge is 2.15. The van der Waals surface area contributed by atoms with E-state index in [9.17, 15) is 4.79 Å². The van der Waals surface area contributed by atoms with Gasteiger partial charge < -0.3 is 14.6 Å². The van der Waals surface area contributed by atoms with E-state index >= 15 is 0 Å². The molecule has 5 heteroatoms. The highest BCUT2D eigenvalue weighted by molar-refractivity contribution is 6.04. The van der Waals surface area contributed by atoms with Gasteiger partial charge in [-0.05, 0) is 43.3 Å². The molecule has 1 N–H and O–H groups in total. The zero-order valence-electron chi connectivity index (χ0n) is 13.0. The zero-order valence-corrected chi connectivity index (χ0v) is 13.0. The number of amides is 1. The van der Waals surface area contributed by atoms with Crippen LogP contribution in [0.25, 0.3) is 5.69 Å². The van der Waals surface area contributed by atoms with Crippen molar-refractivity contribution in [3.05, 3.63) is 72.3 Å². The second-order valence-corrected chi connectivity index (χ2v) is 5.03. The first-order valence-electron chi connectivity index (χ1n) is 7.24. The Labute approximate surface area is 134 Å². The highest BCUT2D eigenvalue weighted by atomic mass is 16.5. The summed E-state index contributed by atoms with van der Waals surface area (Å²) in [6, 6.07) is 14.7. The summed E-state index contributed by atoms with van der Waals surface area (Å²) in [6.45, 7) is 1.91. The van der Waals surface area contributed by atoms with Crippen LogP contribution in [0.4, 0.5) is 5.69 Å². The predicted molar refractivity (Wildman–Crippen MR) is 89.2 cm³/mol. The molecule has 2 heterocycles. The van der Waals surface area contributed by atoms with Gasteiger partial charge in [-0.1, -0.05) is 12.1 Å². The average molecular weight is 307 g/mol. The Balaban J connectivity index is 1.93. The van der Waals surface area contributed by atoms with Gasteiger partial charge in [0.1, 0.15) is 11.4 Å². The SMILES string of the molecule is COc1ccccc1NC(=O)c1cccn1-c1cccnc1C. The van der Waals surface area contributed by atoms with E-state index in [1.54, 1.807) is 31.5 Å². The Morgan fingerprint density at radius 3 is 2.74 bits per heavy atom. The highest BCUT2D eigenvalue weighted by Crippen LogP contribution is 2.24. The number of aromatic nitrogens is 2. The number of anilines is 1. The number of hydrogen-bond acceptors (Lipinski definition) is 3. The second-order valence-electron chi connectivity index (χ2n) is 5.03. The number of para-hydroxylation sites is 2. The standard InChI is InChI=1S/C18H17N3O2/c1-13-15(8-5-11-19-13)21-12-6-9-16(21)18(22)20-14-7-3-4-10-17(14)23-2/h3-12H,1-2H3,(H,20,22). The van der Waals surface area contributed by atoms with Crippen LogP contribution in [0.5, 0.6) is 5.75 Å². The third-order valence-electron chi connectivity index (χ3n) is 3.58. The van der Waals surface area contributed by atoms with Crippen molar-refractivity contribution in [2.75, 3.05) is 12.4 Å². The van der Waals surface area contributed by atoms with E-state index in [-0.39, 0.29) is 5.91 Å². The molecule has 116 valence electrons. The summed E-state index contributed by atoms with van der Waals surface area (Å²) in [5.41, 5.74) is 2.90. The molecule has 0 saturated heterocycles. The fraction of sp³-hybridized carbons (Fsp3) is 0.111. The van der Waals surface area contributed by atoms with Crippen molar-refractivity contribution < 1.29 is 9.53 Å². The number of rotatable bonds is 4. The number of nitrogens with one attached hydrogen (secondary N) is 1. The van der Waals surface area contributed by atoms with Crippen LogP contribution < -0.4 is 10.1 Å². The number of carbonyl (C=O) groups is 1. The van der Waals surface area contributed by atoms with Crippen LogP contribution in [-0.4, -0.2) is 22.6 Å². The summed E-state index contributed by atoms with van der Waals surface area (Å²) in [6.07, 6.45) is 3.58. The number of pyridine rings is 1. The molecule has 0 saturated carbocycles. The number of benzene rings is 1. The molecule has 0 unspecified atom stereocenters. The van der Waals surface area contributed by atoms with E-state index in [1.807, 2.05) is 48.0 Å². The van der Waals surface area contributed by atoms with Crippen LogP contribution in [0.3, 0.4) is 0 Å². The molecule has 0 aliphatic carbocycles. The Kier molecular flexibility index (Phi) is 4.10. The molecule has 0 radical (unpaired) electrons. The van der Waals surface area contributed by atoms with Crippen LogP contribution in [0.2, 0.25) is 0 Å². The maximum atomic E-state index is 12.6. The van der Waals surface area contributed by atoms with Gasteiger partial charge in [-0.15, -0.1) is 0 Å². The van der Waals surface area contributed by atoms with Crippen molar-refractivity contribution in [3.63, 3.8) is 0 Å². The van der Waals surface area contributed by atoms with Gasteiger partial charge in [0.05, 0.1) is 24.2 Å². The Morgan fingerprint density at radius 2 is 1.96 bits per heavy atom. The maximum absolute atomic E-state index is 12.6.